The van der Waals surface area contributed by atoms with E-state index in [1.807, 2.05) is 0 Å². The molecule has 5 N–H and O–H groups in total. The molecular weight excluding hydrogens is 280 g/mol. The fraction of sp³-hybridized carbons (Fsp3) is 0.182. The molecule has 0 amide bonds. The Balaban J connectivity index is 3.02. The number of sulfonamides is 1. The lowest BCUT2D eigenvalue weighted by Crippen LogP contribution is -2.21. The first kappa shape index (κ1) is 15.5. The van der Waals surface area contributed by atoms with Gasteiger partial charge in [-0.3, -0.25) is 15.6 Å². The standard InChI is InChI=1S/C11H14N6O2S/c1-7-3-4-8(5-9(7)17-20(2,18)19)15-16-10(6-12)11(13)14/h3-5,15,17H,1-2H3,(H3,13,14)/b16-10+. The van der Waals surface area contributed by atoms with Gasteiger partial charge in [0.2, 0.25) is 15.7 Å². The first-order valence-electron chi connectivity index (χ1n) is 5.39. The van der Waals surface area contributed by atoms with Gasteiger partial charge in [0.25, 0.3) is 0 Å². The molecule has 1 rings (SSSR count). The van der Waals surface area contributed by atoms with Crippen molar-refractivity contribution >= 4 is 32.9 Å². The van der Waals surface area contributed by atoms with Crippen LogP contribution in [0.5, 0.6) is 0 Å². The summed E-state index contributed by atoms with van der Waals surface area (Å²) in [5, 5.41) is 19.5. The van der Waals surface area contributed by atoms with Crippen molar-refractivity contribution in [3.63, 3.8) is 0 Å². The van der Waals surface area contributed by atoms with Crippen molar-refractivity contribution in [2.75, 3.05) is 16.4 Å². The van der Waals surface area contributed by atoms with Crippen molar-refractivity contribution in [1.29, 1.82) is 10.7 Å². The molecule has 20 heavy (non-hydrogen) atoms. The molecule has 0 bridgehead atoms. The van der Waals surface area contributed by atoms with Gasteiger partial charge in [-0.15, -0.1) is 0 Å². The number of anilines is 2. The number of benzene rings is 1. The second-order valence-electron chi connectivity index (χ2n) is 4.00. The summed E-state index contributed by atoms with van der Waals surface area (Å²) >= 11 is 0. The van der Waals surface area contributed by atoms with Crippen LogP contribution in [0.4, 0.5) is 11.4 Å². The van der Waals surface area contributed by atoms with Crippen molar-refractivity contribution in [3.8, 4) is 6.07 Å². The van der Waals surface area contributed by atoms with E-state index in [9.17, 15) is 8.42 Å². The maximum Gasteiger partial charge on any atom is 0.229 e. The lowest BCUT2D eigenvalue weighted by molar-refractivity contribution is 0.607. The van der Waals surface area contributed by atoms with Crippen molar-refractivity contribution in [2.24, 2.45) is 10.8 Å². The zero-order valence-electron chi connectivity index (χ0n) is 10.9. The van der Waals surface area contributed by atoms with Crippen molar-refractivity contribution in [3.05, 3.63) is 23.8 Å². The van der Waals surface area contributed by atoms with Gasteiger partial charge in [-0.05, 0) is 24.6 Å². The maximum absolute atomic E-state index is 11.2. The highest BCUT2D eigenvalue weighted by molar-refractivity contribution is 7.92. The van der Waals surface area contributed by atoms with E-state index >= 15 is 0 Å². The third-order valence-electron chi connectivity index (χ3n) is 2.19. The predicted octanol–water partition coefficient (Wildman–Crippen LogP) is 0.594. The molecule has 0 unspecified atom stereocenters. The predicted molar refractivity (Wildman–Crippen MR) is 78.2 cm³/mol. The summed E-state index contributed by atoms with van der Waals surface area (Å²) in [5.74, 6) is -0.457. The Morgan fingerprint density at radius 3 is 2.65 bits per heavy atom. The molecular formula is C11H14N6O2S. The SMILES string of the molecule is Cc1ccc(N/N=C(\C#N)C(=N)N)cc1NS(C)(=O)=O. The van der Waals surface area contributed by atoms with E-state index < -0.39 is 15.9 Å². The average Bonchev–Trinajstić information content (AvgIpc) is 2.31. The van der Waals surface area contributed by atoms with Crippen LogP contribution in [0.3, 0.4) is 0 Å². The molecule has 0 aliphatic heterocycles. The number of nitrogens with one attached hydrogen (secondary N) is 3. The van der Waals surface area contributed by atoms with Crippen LogP contribution in [0.25, 0.3) is 0 Å². The van der Waals surface area contributed by atoms with Gasteiger partial charge in [-0.2, -0.15) is 10.4 Å². The lowest BCUT2D eigenvalue weighted by atomic mass is 10.2. The van der Waals surface area contributed by atoms with Crippen LogP contribution in [0.15, 0.2) is 23.3 Å². The summed E-state index contributed by atoms with van der Waals surface area (Å²) in [4.78, 5) is 0. The maximum atomic E-state index is 11.2. The number of nitrogens with two attached hydrogens (primary N) is 1. The Hall–Kier alpha value is -2.60. The molecule has 0 heterocycles. The topological polar surface area (TPSA) is 144 Å². The van der Waals surface area contributed by atoms with Gasteiger partial charge in [0.1, 0.15) is 6.07 Å². The van der Waals surface area contributed by atoms with Gasteiger partial charge in [0, 0.05) is 0 Å². The highest BCUT2D eigenvalue weighted by atomic mass is 32.2. The number of aryl methyl sites for hydroxylation is 1. The van der Waals surface area contributed by atoms with Crippen LogP contribution in [0.2, 0.25) is 0 Å². The minimum atomic E-state index is -3.39. The first-order valence-corrected chi connectivity index (χ1v) is 7.28. The number of hydrazone groups is 1. The van der Waals surface area contributed by atoms with Gasteiger partial charge in [0.15, 0.2) is 5.84 Å². The molecule has 0 aromatic heterocycles. The summed E-state index contributed by atoms with van der Waals surface area (Å²) in [6.07, 6.45) is 1.05. The molecule has 0 fully saturated rings. The largest absolute Gasteiger partial charge is 0.382 e. The van der Waals surface area contributed by atoms with Crippen LogP contribution < -0.4 is 15.9 Å². The first-order chi connectivity index (χ1) is 9.23. The van der Waals surface area contributed by atoms with E-state index in [1.54, 1.807) is 25.1 Å². The Labute approximate surface area is 116 Å². The summed E-state index contributed by atoms with van der Waals surface area (Å²) in [5.41, 5.74) is 9.01. The van der Waals surface area contributed by atoms with E-state index in [-0.39, 0.29) is 5.71 Å². The van der Waals surface area contributed by atoms with Crippen molar-refractivity contribution in [2.45, 2.75) is 6.92 Å². The molecule has 0 aliphatic rings. The van der Waals surface area contributed by atoms with E-state index in [2.05, 4.69) is 15.2 Å². The summed E-state index contributed by atoms with van der Waals surface area (Å²) < 4.78 is 24.8. The summed E-state index contributed by atoms with van der Waals surface area (Å²) in [7, 11) is -3.39. The van der Waals surface area contributed by atoms with Crippen LogP contribution in [-0.4, -0.2) is 26.2 Å². The van der Waals surface area contributed by atoms with E-state index in [0.29, 0.717) is 11.4 Å². The van der Waals surface area contributed by atoms with Crippen LogP contribution in [0, 0.1) is 23.7 Å². The van der Waals surface area contributed by atoms with Gasteiger partial charge in [-0.25, -0.2) is 8.42 Å². The fourth-order valence-electron chi connectivity index (χ4n) is 1.27. The van der Waals surface area contributed by atoms with E-state index in [0.717, 1.165) is 11.8 Å². The highest BCUT2D eigenvalue weighted by Gasteiger charge is 2.06. The number of rotatable bonds is 5. The zero-order chi connectivity index (χ0) is 15.3. The third kappa shape index (κ3) is 4.58. The van der Waals surface area contributed by atoms with Crippen molar-refractivity contribution in [1.82, 2.24) is 0 Å². The molecule has 0 saturated carbocycles. The Kier molecular flexibility index (Phi) is 4.66. The Bertz CT molecular complexity index is 702. The fourth-order valence-corrected chi connectivity index (χ4v) is 1.89. The minimum absolute atomic E-state index is 0.261. The number of nitrogens with zero attached hydrogens (tertiary/aromatic N) is 2. The molecule has 8 nitrogen and oxygen atoms in total. The molecule has 106 valence electrons. The number of hydrogen-bond donors (Lipinski definition) is 4. The molecule has 0 radical (unpaired) electrons. The monoisotopic (exact) mass is 294 g/mol. The lowest BCUT2D eigenvalue weighted by Gasteiger charge is -2.09. The van der Waals surface area contributed by atoms with Crippen molar-refractivity contribution < 1.29 is 8.42 Å². The molecule has 9 heteroatoms. The van der Waals surface area contributed by atoms with Crippen LogP contribution >= 0.6 is 0 Å². The van der Waals surface area contributed by atoms with Crippen LogP contribution in [-0.2, 0) is 10.0 Å². The second-order valence-corrected chi connectivity index (χ2v) is 5.75. The number of amidine groups is 1. The molecule has 1 aromatic carbocycles. The number of nitriles is 1. The van der Waals surface area contributed by atoms with Gasteiger partial charge >= 0.3 is 0 Å². The van der Waals surface area contributed by atoms with Gasteiger partial charge < -0.3 is 5.73 Å². The normalized spacial score (nSPS) is 11.6. The zero-order valence-corrected chi connectivity index (χ0v) is 11.7. The van der Waals surface area contributed by atoms with E-state index in [4.69, 9.17) is 16.4 Å². The quantitative estimate of drug-likeness (QED) is 0.357. The van der Waals surface area contributed by atoms with Gasteiger partial charge in [-0.1, -0.05) is 6.07 Å². The molecule has 0 saturated heterocycles. The minimum Gasteiger partial charge on any atom is -0.382 e. The van der Waals surface area contributed by atoms with Crippen LogP contribution in [0.1, 0.15) is 5.56 Å². The Morgan fingerprint density at radius 1 is 1.50 bits per heavy atom. The summed E-state index contributed by atoms with van der Waals surface area (Å²) in [6, 6.07) is 6.53. The summed E-state index contributed by atoms with van der Waals surface area (Å²) in [6.45, 7) is 1.75. The smallest absolute Gasteiger partial charge is 0.229 e. The van der Waals surface area contributed by atoms with Gasteiger partial charge in [0.05, 0.1) is 17.6 Å². The molecule has 1 aromatic rings. The highest BCUT2D eigenvalue weighted by Crippen LogP contribution is 2.21. The Morgan fingerprint density at radius 2 is 2.15 bits per heavy atom. The average molecular weight is 294 g/mol. The third-order valence-corrected chi connectivity index (χ3v) is 2.78. The second kappa shape index (κ2) is 6.03. The number of hydrogen-bond acceptors (Lipinski definition) is 6. The molecule has 0 atom stereocenters. The molecule has 0 spiro atoms. The van der Waals surface area contributed by atoms with E-state index in [1.165, 1.54) is 6.07 Å². The molecule has 0 aliphatic carbocycles.